The maximum Gasteiger partial charge on any atom is 0.416 e. The number of rotatable bonds is 3. The highest BCUT2D eigenvalue weighted by atomic mass is 32.1. The van der Waals surface area contributed by atoms with Crippen molar-refractivity contribution in [3.63, 3.8) is 0 Å². The molecule has 1 aromatic heterocycles. The largest absolute Gasteiger partial charge is 0.457 e. The van der Waals surface area contributed by atoms with Gasteiger partial charge >= 0.3 is 12.1 Å². The third-order valence-electron chi connectivity index (χ3n) is 2.49. The molecule has 0 aliphatic carbocycles. The minimum absolute atomic E-state index is 0.103. The Morgan fingerprint density at radius 3 is 2.45 bits per heavy atom. The van der Waals surface area contributed by atoms with Crippen molar-refractivity contribution in [3.8, 4) is 0 Å². The van der Waals surface area contributed by atoms with Crippen molar-refractivity contribution < 1.29 is 22.7 Å². The van der Waals surface area contributed by atoms with Crippen LogP contribution in [0.4, 0.5) is 13.2 Å². The fraction of sp³-hybridized carbons (Fsp3) is 0.250. The van der Waals surface area contributed by atoms with Crippen LogP contribution in [0.25, 0.3) is 0 Å². The second-order valence-electron chi connectivity index (χ2n) is 3.96. The predicted octanol–water partition coefficient (Wildman–Crippen LogP) is 3.22. The van der Waals surface area contributed by atoms with E-state index in [1.54, 1.807) is 6.92 Å². The van der Waals surface area contributed by atoms with E-state index in [0.29, 0.717) is 11.3 Å². The van der Waals surface area contributed by atoms with E-state index in [0.717, 1.165) is 23.7 Å². The van der Waals surface area contributed by atoms with E-state index in [2.05, 4.69) is 9.59 Å². The van der Waals surface area contributed by atoms with E-state index in [-0.39, 0.29) is 11.5 Å². The van der Waals surface area contributed by atoms with Crippen molar-refractivity contribution in [2.45, 2.75) is 19.7 Å². The number of hydrogen-bond donors (Lipinski definition) is 0. The number of aromatic nitrogens is 2. The molecule has 106 valence electrons. The van der Waals surface area contributed by atoms with Crippen molar-refractivity contribution in [2.75, 3.05) is 0 Å². The van der Waals surface area contributed by atoms with Gasteiger partial charge in [-0.2, -0.15) is 13.2 Å². The van der Waals surface area contributed by atoms with Crippen molar-refractivity contribution in [1.82, 2.24) is 9.59 Å². The van der Waals surface area contributed by atoms with Crippen LogP contribution < -0.4 is 0 Å². The van der Waals surface area contributed by atoms with E-state index in [1.165, 1.54) is 12.1 Å². The Labute approximate surface area is 116 Å². The van der Waals surface area contributed by atoms with Gasteiger partial charge in [0.25, 0.3) is 0 Å². The van der Waals surface area contributed by atoms with Gasteiger partial charge in [-0.25, -0.2) is 4.79 Å². The number of ether oxygens (including phenoxy) is 1. The van der Waals surface area contributed by atoms with Crippen LogP contribution in [0.1, 0.15) is 26.5 Å². The summed E-state index contributed by atoms with van der Waals surface area (Å²) in [5.41, 5.74) is 0.198. The molecule has 1 heterocycles. The average molecular weight is 302 g/mol. The summed E-state index contributed by atoms with van der Waals surface area (Å²) >= 11 is 0.914. The molecule has 0 saturated heterocycles. The lowest BCUT2D eigenvalue weighted by molar-refractivity contribution is -0.137. The number of nitrogens with zero attached hydrogens (tertiary/aromatic N) is 2. The molecule has 0 atom stereocenters. The van der Waals surface area contributed by atoms with Gasteiger partial charge in [0.15, 0.2) is 4.88 Å². The van der Waals surface area contributed by atoms with Crippen LogP contribution in [0.15, 0.2) is 24.3 Å². The summed E-state index contributed by atoms with van der Waals surface area (Å²) < 4.78 is 45.7. The lowest BCUT2D eigenvalue weighted by atomic mass is 10.1. The molecule has 0 amide bonds. The number of benzene rings is 1. The third-order valence-corrected chi connectivity index (χ3v) is 3.30. The van der Waals surface area contributed by atoms with Crippen LogP contribution >= 0.6 is 11.5 Å². The fourth-order valence-electron chi connectivity index (χ4n) is 1.42. The van der Waals surface area contributed by atoms with E-state index < -0.39 is 17.7 Å². The molecule has 0 unspecified atom stereocenters. The molecule has 1 aromatic carbocycles. The van der Waals surface area contributed by atoms with Gasteiger partial charge in [-0.1, -0.05) is 16.6 Å². The second kappa shape index (κ2) is 5.58. The molecule has 0 spiro atoms. The van der Waals surface area contributed by atoms with Gasteiger partial charge in [0.2, 0.25) is 0 Å². The molecule has 8 heteroatoms. The number of carbonyl (C=O) groups excluding carboxylic acids is 1. The number of alkyl halides is 3. The minimum Gasteiger partial charge on any atom is -0.457 e. The Balaban J connectivity index is 1.98. The topological polar surface area (TPSA) is 52.1 Å². The molecule has 0 aliphatic rings. The Morgan fingerprint density at radius 2 is 1.95 bits per heavy atom. The Bertz CT molecular complexity index is 608. The number of aryl methyl sites for hydroxylation is 1. The highest BCUT2D eigenvalue weighted by molar-refractivity contribution is 7.07. The number of esters is 1. The maximum absolute atomic E-state index is 12.4. The zero-order valence-corrected chi connectivity index (χ0v) is 11.1. The standard InChI is InChI=1S/C12H9F3N2O2S/c1-7-10(20-17-16-7)11(18)19-6-8-2-4-9(5-3-8)12(13,14)15/h2-5H,6H2,1H3. The molecule has 2 rings (SSSR count). The summed E-state index contributed by atoms with van der Waals surface area (Å²) in [6.45, 7) is 1.52. The Morgan fingerprint density at radius 1 is 1.30 bits per heavy atom. The zero-order valence-electron chi connectivity index (χ0n) is 10.3. The first-order chi connectivity index (χ1) is 9.38. The van der Waals surface area contributed by atoms with Gasteiger partial charge in [0.1, 0.15) is 6.61 Å². The van der Waals surface area contributed by atoms with Crippen LogP contribution in [0, 0.1) is 6.92 Å². The van der Waals surface area contributed by atoms with Crippen LogP contribution in [0.2, 0.25) is 0 Å². The van der Waals surface area contributed by atoms with Crippen molar-refractivity contribution in [2.24, 2.45) is 0 Å². The highest BCUT2D eigenvalue weighted by Crippen LogP contribution is 2.29. The number of halogens is 3. The van der Waals surface area contributed by atoms with Crippen molar-refractivity contribution in [3.05, 3.63) is 46.0 Å². The molecule has 20 heavy (non-hydrogen) atoms. The average Bonchev–Trinajstić information content (AvgIpc) is 2.82. The lowest BCUT2D eigenvalue weighted by Gasteiger charge is -2.08. The zero-order chi connectivity index (χ0) is 14.8. The van der Waals surface area contributed by atoms with Crippen molar-refractivity contribution >= 4 is 17.5 Å². The molecule has 0 aliphatic heterocycles. The van der Waals surface area contributed by atoms with Gasteiger partial charge in [0.05, 0.1) is 11.3 Å². The SMILES string of the molecule is Cc1nnsc1C(=O)OCc1ccc(C(F)(F)F)cc1. The first-order valence-corrected chi connectivity index (χ1v) is 6.27. The van der Waals surface area contributed by atoms with Gasteiger partial charge in [-0.3, -0.25) is 0 Å². The minimum atomic E-state index is -4.37. The van der Waals surface area contributed by atoms with Crippen molar-refractivity contribution in [1.29, 1.82) is 0 Å². The van der Waals surface area contributed by atoms with Gasteiger partial charge in [-0.15, -0.1) is 5.10 Å². The van der Waals surface area contributed by atoms with E-state index in [9.17, 15) is 18.0 Å². The van der Waals surface area contributed by atoms with Gasteiger partial charge < -0.3 is 4.74 Å². The van der Waals surface area contributed by atoms with Crippen LogP contribution in [0.3, 0.4) is 0 Å². The summed E-state index contributed by atoms with van der Waals surface area (Å²) in [4.78, 5) is 11.9. The molecule has 4 nitrogen and oxygen atoms in total. The Kier molecular flexibility index (Phi) is 4.03. The maximum atomic E-state index is 12.4. The molecular formula is C12H9F3N2O2S. The lowest BCUT2D eigenvalue weighted by Crippen LogP contribution is -2.07. The number of hydrogen-bond acceptors (Lipinski definition) is 5. The molecular weight excluding hydrogens is 293 g/mol. The molecule has 0 radical (unpaired) electrons. The highest BCUT2D eigenvalue weighted by Gasteiger charge is 2.29. The summed E-state index contributed by atoms with van der Waals surface area (Å²) in [5, 5.41) is 3.67. The molecule has 0 bridgehead atoms. The fourth-order valence-corrected chi connectivity index (χ4v) is 1.97. The summed E-state index contributed by atoms with van der Waals surface area (Å²) in [6, 6.07) is 4.44. The molecule has 0 saturated carbocycles. The first kappa shape index (κ1) is 14.4. The normalized spacial score (nSPS) is 11.4. The summed E-state index contributed by atoms with van der Waals surface area (Å²) in [5.74, 6) is -0.586. The molecule has 0 N–H and O–H groups in total. The van der Waals surface area contributed by atoms with Crippen LogP contribution in [-0.2, 0) is 17.5 Å². The monoisotopic (exact) mass is 302 g/mol. The quantitative estimate of drug-likeness (QED) is 0.817. The van der Waals surface area contributed by atoms with Gasteiger partial charge in [0, 0.05) is 0 Å². The van der Waals surface area contributed by atoms with Gasteiger partial charge in [-0.05, 0) is 36.2 Å². The number of carbonyl (C=O) groups is 1. The predicted molar refractivity (Wildman–Crippen MR) is 65.2 cm³/mol. The summed E-state index contributed by atoms with van der Waals surface area (Å²) in [6.07, 6.45) is -4.37. The summed E-state index contributed by atoms with van der Waals surface area (Å²) in [7, 11) is 0. The first-order valence-electron chi connectivity index (χ1n) is 5.50. The molecule has 2 aromatic rings. The third kappa shape index (κ3) is 3.32. The van der Waals surface area contributed by atoms with E-state index >= 15 is 0 Å². The smallest absolute Gasteiger partial charge is 0.416 e. The van der Waals surface area contributed by atoms with Crippen LogP contribution in [0.5, 0.6) is 0 Å². The van der Waals surface area contributed by atoms with Crippen LogP contribution in [-0.4, -0.2) is 15.6 Å². The second-order valence-corrected chi connectivity index (χ2v) is 4.71. The van der Waals surface area contributed by atoms with E-state index in [4.69, 9.17) is 4.74 Å². The molecule has 0 fully saturated rings. The van der Waals surface area contributed by atoms with E-state index in [1.807, 2.05) is 0 Å². The Hall–Kier alpha value is -1.96.